The van der Waals surface area contributed by atoms with Gasteiger partial charge in [0, 0.05) is 18.5 Å². The molecule has 0 radical (unpaired) electrons. The number of benzene rings is 2. The van der Waals surface area contributed by atoms with Crippen molar-refractivity contribution in [3.63, 3.8) is 0 Å². The van der Waals surface area contributed by atoms with Crippen molar-refractivity contribution in [1.82, 2.24) is 0 Å². The van der Waals surface area contributed by atoms with Crippen LogP contribution in [0.5, 0.6) is 11.5 Å². The first-order chi connectivity index (χ1) is 13.8. The van der Waals surface area contributed by atoms with Crippen LogP contribution in [0.1, 0.15) is 34.3 Å². The zero-order chi connectivity index (χ0) is 21.0. The van der Waals surface area contributed by atoms with Gasteiger partial charge in [0.2, 0.25) is 5.91 Å². The number of hydrogen-bond acceptors (Lipinski definition) is 5. The summed E-state index contributed by atoms with van der Waals surface area (Å²) < 4.78 is 11.2. The quantitative estimate of drug-likeness (QED) is 0.692. The second kappa shape index (κ2) is 8.77. The van der Waals surface area contributed by atoms with Crippen molar-refractivity contribution in [2.45, 2.75) is 26.7 Å². The largest absolute Gasteiger partial charge is 0.485 e. The van der Waals surface area contributed by atoms with E-state index in [0.717, 1.165) is 11.1 Å². The maximum absolute atomic E-state index is 12.7. The third kappa shape index (κ3) is 4.93. The molecule has 7 nitrogen and oxygen atoms in total. The highest BCUT2D eigenvalue weighted by atomic mass is 16.5. The van der Waals surface area contributed by atoms with E-state index in [2.05, 4.69) is 0 Å². The van der Waals surface area contributed by atoms with Gasteiger partial charge in [0.15, 0.2) is 19.0 Å². The first-order valence-corrected chi connectivity index (χ1v) is 9.44. The van der Waals surface area contributed by atoms with E-state index < -0.39 is 5.91 Å². The Bertz CT molecular complexity index is 954. The lowest BCUT2D eigenvalue weighted by Crippen LogP contribution is -2.39. The van der Waals surface area contributed by atoms with Crippen molar-refractivity contribution in [2.75, 3.05) is 24.7 Å². The normalized spacial score (nSPS) is 12.9. The van der Waals surface area contributed by atoms with Gasteiger partial charge >= 0.3 is 0 Å². The van der Waals surface area contributed by atoms with E-state index in [4.69, 9.17) is 15.2 Å². The molecule has 152 valence electrons. The molecular formula is C22H24N2O5. The predicted octanol–water partition coefficient (Wildman–Crippen LogP) is 2.56. The second-order valence-electron chi connectivity index (χ2n) is 7.07. The van der Waals surface area contributed by atoms with Gasteiger partial charge in [0.05, 0.1) is 5.69 Å². The van der Waals surface area contributed by atoms with Crippen LogP contribution >= 0.6 is 0 Å². The molecule has 0 atom stereocenters. The summed E-state index contributed by atoms with van der Waals surface area (Å²) in [5.41, 5.74) is 8.12. The maximum Gasteiger partial charge on any atom is 0.265 e. The number of hydrogen-bond donors (Lipinski definition) is 1. The number of rotatable bonds is 8. The Morgan fingerprint density at radius 3 is 2.72 bits per heavy atom. The minimum absolute atomic E-state index is 0.0768. The molecule has 2 amide bonds. The monoisotopic (exact) mass is 396 g/mol. The second-order valence-corrected chi connectivity index (χ2v) is 7.07. The average Bonchev–Trinajstić information content (AvgIpc) is 2.69. The molecule has 0 saturated heterocycles. The van der Waals surface area contributed by atoms with Gasteiger partial charge < -0.3 is 20.1 Å². The average molecular weight is 396 g/mol. The molecule has 0 unspecified atom stereocenters. The highest BCUT2D eigenvalue weighted by Crippen LogP contribution is 2.33. The molecule has 1 aliphatic heterocycles. The third-order valence-electron chi connectivity index (χ3n) is 4.73. The van der Waals surface area contributed by atoms with Gasteiger partial charge in [-0.05, 0) is 55.7 Å². The van der Waals surface area contributed by atoms with Crippen molar-refractivity contribution >= 4 is 23.3 Å². The Balaban J connectivity index is 1.74. The zero-order valence-corrected chi connectivity index (χ0v) is 16.6. The Morgan fingerprint density at radius 1 is 1.17 bits per heavy atom. The predicted molar refractivity (Wildman–Crippen MR) is 108 cm³/mol. The summed E-state index contributed by atoms with van der Waals surface area (Å²) >= 11 is 0. The molecule has 2 aromatic rings. The van der Waals surface area contributed by atoms with Gasteiger partial charge in [-0.1, -0.05) is 12.1 Å². The fourth-order valence-corrected chi connectivity index (χ4v) is 3.12. The molecule has 2 N–H and O–H groups in total. The SMILES string of the molecule is Cc1ccc(C)c(OCC(=O)c2ccc3c(c2)N(CCCC(N)=O)C(=O)CO3)c1. The van der Waals surface area contributed by atoms with Crippen LogP contribution in [-0.4, -0.2) is 37.4 Å². The van der Waals surface area contributed by atoms with E-state index in [1.165, 1.54) is 4.90 Å². The lowest BCUT2D eigenvalue weighted by atomic mass is 10.1. The number of ketones is 1. The summed E-state index contributed by atoms with van der Waals surface area (Å²) in [4.78, 5) is 37.4. The van der Waals surface area contributed by atoms with Crippen molar-refractivity contribution in [3.8, 4) is 11.5 Å². The molecule has 1 aliphatic rings. The molecule has 0 saturated carbocycles. The summed E-state index contributed by atoms with van der Waals surface area (Å²) in [7, 11) is 0. The third-order valence-corrected chi connectivity index (χ3v) is 4.73. The first-order valence-electron chi connectivity index (χ1n) is 9.44. The molecule has 0 aromatic heterocycles. The van der Waals surface area contributed by atoms with Crippen LogP contribution in [0.4, 0.5) is 5.69 Å². The molecule has 7 heteroatoms. The van der Waals surface area contributed by atoms with Crippen molar-refractivity contribution in [1.29, 1.82) is 0 Å². The Kier molecular flexibility index (Phi) is 6.16. The number of ether oxygens (including phenoxy) is 2. The number of Topliss-reactive ketones (excluding diaryl/α,β-unsaturated/α-hetero) is 1. The van der Waals surface area contributed by atoms with Crippen molar-refractivity contribution in [3.05, 3.63) is 53.1 Å². The van der Waals surface area contributed by atoms with Crippen LogP contribution in [-0.2, 0) is 9.59 Å². The summed E-state index contributed by atoms with van der Waals surface area (Å²) in [6, 6.07) is 10.8. The summed E-state index contributed by atoms with van der Waals surface area (Å²) in [6.07, 6.45) is 0.622. The molecule has 0 aliphatic carbocycles. The first kappa shape index (κ1) is 20.4. The van der Waals surface area contributed by atoms with Crippen LogP contribution in [0.25, 0.3) is 0 Å². The van der Waals surface area contributed by atoms with E-state index in [1.54, 1.807) is 18.2 Å². The lowest BCUT2D eigenvalue weighted by Gasteiger charge is -2.29. The highest BCUT2D eigenvalue weighted by Gasteiger charge is 2.26. The molecule has 29 heavy (non-hydrogen) atoms. The van der Waals surface area contributed by atoms with E-state index in [-0.39, 0.29) is 31.3 Å². The van der Waals surface area contributed by atoms with Crippen molar-refractivity contribution in [2.24, 2.45) is 5.73 Å². The maximum atomic E-state index is 12.7. The van der Waals surface area contributed by atoms with Gasteiger partial charge in [-0.15, -0.1) is 0 Å². The molecule has 3 rings (SSSR count). The Labute approximate surface area is 169 Å². The Morgan fingerprint density at radius 2 is 1.97 bits per heavy atom. The van der Waals surface area contributed by atoms with Crippen LogP contribution in [0, 0.1) is 13.8 Å². The molecular weight excluding hydrogens is 372 g/mol. The number of amides is 2. The number of primary amides is 1. The van der Waals surface area contributed by atoms with Crippen molar-refractivity contribution < 1.29 is 23.9 Å². The van der Waals surface area contributed by atoms with Crippen LogP contribution in [0.2, 0.25) is 0 Å². The standard InChI is InChI=1S/C22H24N2O5/c1-14-5-6-15(2)20(10-14)28-12-18(25)16-7-8-19-17(11-16)24(22(27)13-29-19)9-3-4-21(23)26/h5-8,10-11H,3-4,9,12-13H2,1-2H3,(H2,23,26). The number of carbonyl (C=O) groups is 3. The van der Waals surface area contributed by atoms with Crippen LogP contribution in [0.3, 0.4) is 0 Å². The lowest BCUT2D eigenvalue weighted by molar-refractivity contribution is -0.122. The molecule has 1 heterocycles. The smallest absolute Gasteiger partial charge is 0.265 e. The number of nitrogens with two attached hydrogens (primary N) is 1. The minimum atomic E-state index is -0.418. The molecule has 0 fully saturated rings. The highest BCUT2D eigenvalue weighted by molar-refractivity contribution is 6.02. The van der Waals surface area contributed by atoms with E-state index in [1.807, 2.05) is 32.0 Å². The van der Waals surface area contributed by atoms with Crippen LogP contribution in [0.15, 0.2) is 36.4 Å². The minimum Gasteiger partial charge on any atom is -0.485 e. The van der Waals surface area contributed by atoms with E-state index in [0.29, 0.717) is 35.7 Å². The van der Waals surface area contributed by atoms with Gasteiger partial charge in [-0.3, -0.25) is 14.4 Å². The Hall–Kier alpha value is -3.35. The molecule has 0 spiro atoms. The van der Waals surface area contributed by atoms with Gasteiger partial charge in [-0.25, -0.2) is 0 Å². The van der Waals surface area contributed by atoms with Gasteiger partial charge in [-0.2, -0.15) is 0 Å². The number of nitrogens with zero attached hydrogens (tertiary/aromatic N) is 1. The number of fused-ring (bicyclic) bond motifs is 1. The topological polar surface area (TPSA) is 98.9 Å². The molecule has 2 aromatic carbocycles. The van der Waals surface area contributed by atoms with E-state index >= 15 is 0 Å². The number of aryl methyl sites for hydroxylation is 2. The zero-order valence-electron chi connectivity index (χ0n) is 16.6. The fourth-order valence-electron chi connectivity index (χ4n) is 3.12. The molecule has 0 bridgehead atoms. The number of anilines is 1. The fraction of sp³-hybridized carbons (Fsp3) is 0.318. The van der Waals surface area contributed by atoms with Gasteiger partial charge in [0.25, 0.3) is 5.91 Å². The summed E-state index contributed by atoms with van der Waals surface area (Å²) in [5, 5.41) is 0. The van der Waals surface area contributed by atoms with Gasteiger partial charge in [0.1, 0.15) is 11.5 Å². The van der Waals surface area contributed by atoms with Crippen LogP contribution < -0.4 is 20.1 Å². The summed E-state index contributed by atoms with van der Waals surface area (Å²) in [6.45, 7) is 4.02. The van der Waals surface area contributed by atoms with E-state index in [9.17, 15) is 14.4 Å². The number of carbonyl (C=O) groups excluding carboxylic acids is 3. The summed E-state index contributed by atoms with van der Waals surface area (Å²) in [5.74, 6) is 0.346.